The minimum Gasteiger partial charge on any atom is -0.294 e. The lowest BCUT2D eigenvalue weighted by molar-refractivity contribution is 0.0913. The summed E-state index contributed by atoms with van der Waals surface area (Å²) in [6.07, 6.45) is 1.59. The monoisotopic (exact) mass is 311 g/mol. The summed E-state index contributed by atoms with van der Waals surface area (Å²) in [5.74, 6) is 0.334. The van der Waals surface area contributed by atoms with E-state index in [0.29, 0.717) is 12.1 Å². The maximum absolute atomic E-state index is 12.2. The van der Waals surface area contributed by atoms with E-state index in [4.69, 9.17) is 0 Å². The second-order valence-electron chi connectivity index (χ2n) is 5.65. The van der Waals surface area contributed by atoms with Crippen LogP contribution in [0.25, 0.3) is 0 Å². The molecule has 0 atom stereocenters. The van der Waals surface area contributed by atoms with Crippen molar-refractivity contribution in [3.63, 3.8) is 0 Å². The summed E-state index contributed by atoms with van der Waals surface area (Å²) in [5.41, 5.74) is 0.575. The molecule has 0 aliphatic heterocycles. The van der Waals surface area contributed by atoms with Gasteiger partial charge in [-0.2, -0.15) is 0 Å². The zero-order valence-corrected chi connectivity index (χ0v) is 14.0. The Bertz CT molecular complexity index is 558. The summed E-state index contributed by atoms with van der Waals surface area (Å²) in [4.78, 5) is 12.4. The molecule has 0 amide bonds. The second kappa shape index (κ2) is 7.71. The van der Waals surface area contributed by atoms with Crippen LogP contribution < -0.4 is 4.72 Å². The van der Waals surface area contributed by atoms with E-state index in [-0.39, 0.29) is 22.5 Å². The molecule has 0 aliphatic carbocycles. The van der Waals surface area contributed by atoms with Gasteiger partial charge in [0.25, 0.3) is 0 Å². The molecular weight excluding hydrogens is 286 g/mol. The molecule has 0 aliphatic rings. The molecule has 1 aromatic carbocycles. The standard InChI is InChI=1S/C16H25NO3S/c1-5-13(6-2)16(18)14-7-9-15(10-8-14)21(19,20)17-11-12(3)4/h7-10,12-13,17H,5-6,11H2,1-4H3. The fourth-order valence-corrected chi connectivity index (χ4v) is 3.27. The molecule has 0 fully saturated rings. The van der Waals surface area contributed by atoms with Crippen LogP contribution in [0.1, 0.15) is 50.9 Å². The lowest BCUT2D eigenvalue weighted by atomic mass is 9.93. The predicted octanol–water partition coefficient (Wildman–Crippen LogP) is 3.24. The molecule has 0 spiro atoms. The van der Waals surface area contributed by atoms with Crippen LogP contribution in [0.15, 0.2) is 29.2 Å². The van der Waals surface area contributed by atoms with E-state index in [1.54, 1.807) is 12.1 Å². The van der Waals surface area contributed by atoms with Crippen molar-refractivity contribution in [2.45, 2.75) is 45.4 Å². The summed E-state index contributed by atoms with van der Waals surface area (Å²) in [6, 6.07) is 6.20. The van der Waals surface area contributed by atoms with E-state index in [1.807, 2.05) is 27.7 Å². The molecule has 0 aromatic heterocycles. The van der Waals surface area contributed by atoms with E-state index in [2.05, 4.69) is 4.72 Å². The first-order chi connectivity index (χ1) is 9.81. The smallest absolute Gasteiger partial charge is 0.240 e. The van der Waals surface area contributed by atoms with Crippen LogP contribution in [-0.4, -0.2) is 20.7 Å². The Morgan fingerprint density at radius 3 is 2.05 bits per heavy atom. The summed E-state index contributed by atoms with van der Waals surface area (Å²) < 4.78 is 26.7. The number of carbonyl (C=O) groups is 1. The third kappa shape index (κ3) is 4.93. The molecular formula is C16H25NO3S. The maximum atomic E-state index is 12.2. The minimum absolute atomic E-state index is 0.00604. The Morgan fingerprint density at radius 1 is 1.10 bits per heavy atom. The normalized spacial score (nSPS) is 12.1. The zero-order chi connectivity index (χ0) is 16.0. The number of nitrogens with one attached hydrogen (secondary N) is 1. The van der Waals surface area contributed by atoms with Gasteiger partial charge in [0.1, 0.15) is 0 Å². The van der Waals surface area contributed by atoms with Crippen LogP contribution in [0.4, 0.5) is 0 Å². The van der Waals surface area contributed by atoms with Crippen LogP contribution in [-0.2, 0) is 10.0 Å². The Labute approximate surface area is 128 Å². The highest BCUT2D eigenvalue weighted by molar-refractivity contribution is 7.89. The van der Waals surface area contributed by atoms with Gasteiger partial charge in [0, 0.05) is 18.0 Å². The first-order valence-electron chi connectivity index (χ1n) is 7.45. The van der Waals surface area contributed by atoms with Crippen LogP contribution in [0.3, 0.4) is 0 Å². The molecule has 21 heavy (non-hydrogen) atoms. The molecule has 118 valence electrons. The third-order valence-electron chi connectivity index (χ3n) is 3.49. The molecule has 0 heterocycles. The number of hydrogen-bond acceptors (Lipinski definition) is 3. The topological polar surface area (TPSA) is 63.2 Å². The number of benzene rings is 1. The molecule has 1 N–H and O–H groups in total. The molecule has 0 saturated carbocycles. The van der Waals surface area contributed by atoms with Crippen molar-refractivity contribution in [1.29, 1.82) is 0 Å². The molecule has 1 rings (SSSR count). The molecule has 5 heteroatoms. The molecule has 4 nitrogen and oxygen atoms in total. The molecule has 0 unspecified atom stereocenters. The molecule has 0 radical (unpaired) electrons. The van der Waals surface area contributed by atoms with Crippen LogP contribution in [0, 0.1) is 11.8 Å². The van der Waals surface area contributed by atoms with Gasteiger partial charge in [0.05, 0.1) is 4.90 Å². The SMILES string of the molecule is CCC(CC)C(=O)c1ccc(S(=O)(=O)NCC(C)C)cc1. The first kappa shape index (κ1) is 17.9. The van der Waals surface area contributed by atoms with Crippen molar-refractivity contribution < 1.29 is 13.2 Å². The van der Waals surface area contributed by atoms with Gasteiger partial charge >= 0.3 is 0 Å². The average Bonchev–Trinajstić information content (AvgIpc) is 2.46. The predicted molar refractivity (Wildman–Crippen MR) is 84.9 cm³/mol. The molecule has 0 bridgehead atoms. The summed E-state index contributed by atoms with van der Waals surface area (Å²) in [6.45, 7) is 8.26. The van der Waals surface area contributed by atoms with Gasteiger partial charge < -0.3 is 0 Å². The fraction of sp³-hybridized carbons (Fsp3) is 0.562. The lowest BCUT2D eigenvalue weighted by Crippen LogP contribution is -2.27. The van der Waals surface area contributed by atoms with E-state index in [1.165, 1.54) is 12.1 Å². The van der Waals surface area contributed by atoms with Crippen LogP contribution >= 0.6 is 0 Å². The summed E-state index contributed by atoms with van der Waals surface area (Å²) in [5, 5.41) is 0. The van der Waals surface area contributed by atoms with Crippen molar-refractivity contribution in [2.24, 2.45) is 11.8 Å². The first-order valence-corrected chi connectivity index (χ1v) is 8.94. The fourth-order valence-electron chi connectivity index (χ4n) is 2.05. The summed E-state index contributed by atoms with van der Waals surface area (Å²) in [7, 11) is -3.49. The largest absolute Gasteiger partial charge is 0.294 e. The average molecular weight is 311 g/mol. The Morgan fingerprint density at radius 2 is 1.62 bits per heavy atom. The van der Waals surface area contributed by atoms with Gasteiger partial charge in [-0.15, -0.1) is 0 Å². The van der Waals surface area contributed by atoms with E-state index < -0.39 is 10.0 Å². The van der Waals surface area contributed by atoms with Gasteiger partial charge in [-0.1, -0.05) is 39.8 Å². The van der Waals surface area contributed by atoms with Gasteiger partial charge in [-0.05, 0) is 30.9 Å². The van der Waals surface area contributed by atoms with Crippen LogP contribution in [0.2, 0.25) is 0 Å². The molecule has 1 aromatic rings. The summed E-state index contributed by atoms with van der Waals surface area (Å²) >= 11 is 0. The number of carbonyl (C=O) groups excluding carboxylic acids is 1. The lowest BCUT2D eigenvalue weighted by Gasteiger charge is -2.12. The van der Waals surface area contributed by atoms with Crippen molar-refractivity contribution in [1.82, 2.24) is 4.72 Å². The van der Waals surface area contributed by atoms with E-state index >= 15 is 0 Å². The molecule has 0 saturated heterocycles. The number of ketones is 1. The highest BCUT2D eigenvalue weighted by Crippen LogP contribution is 2.18. The highest BCUT2D eigenvalue weighted by Gasteiger charge is 2.18. The van der Waals surface area contributed by atoms with Gasteiger partial charge in [-0.3, -0.25) is 4.79 Å². The third-order valence-corrected chi connectivity index (χ3v) is 4.93. The second-order valence-corrected chi connectivity index (χ2v) is 7.41. The number of rotatable bonds is 8. The highest BCUT2D eigenvalue weighted by atomic mass is 32.2. The van der Waals surface area contributed by atoms with Crippen molar-refractivity contribution in [3.8, 4) is 0 Å². The van der Waals surface area contributed by atoms with Crippen molar-refractivity contribution >= 4 is 15.8 Å². The minimum atomic E-state index is -3.49. The van der Waals surface area contributed by atoms with Gasteiger partial charge in [0.2, 0.25) is 10.0 Å². The quantitative estimate of drug-likeness (QED) is 0.750. The van der Waals surface area contributed by atoms with Gasteiger partial charge in [-0.25, -0.2) is 13.1 Å². The van der Waals surface area contributed by atoms with Gasteiger partial charge in [0.15, 0.2) is 5.78 Å². The maximum Gasteiger partial charge on any atom is 0.240 e. The van der Waals surface area contributed by atoms with Crippen molar-refractivity contribution in [2.75, 3.05) is 6.54 Å². The van der Waals surface area contributed by atoms with Crippen LogP contribution in [0.5, 0.6) is 0 Å². The Balaban J connectivity index is 2.89. The number of sulfonamides is 1. The van der Waals surface area contributed by atoms with Crippen molar-refractivity contribution in [3.05, 3.63) is 29.8 Å². The van der Waals surface area contributed by atoms with E-state index in [0.717, 1.165) is 12.8 Å². The number of hydrogen-bond donors (Lipinski definition) is 1. The Kier molecular flexibility index (Phi) is 6.55. The van der Waals surface area contributed by atoms with E-state index in [9.17, 15) is 13.2 Å². The Hall–Kier alpha value is -1.20. The zero-order valence-electron chi connectivity index (χ0n) is 13.2. The number of Topliss-reactive ketones (excluding diaryl/α,β-unsaturated/α-hetero) is 1.